The summed E-state index contributed by atoms with van der Waals surface area (Å²) in [5.41, 5.74) is 1.40. The van der Waals surface area contributed by atoms with E-state index in [1.165, 1.54) is 0 Å². The lowest BCUT2D eigenvalue weighted by molar-refractivity contribution is -0.152. The third-order valence-corrected chi connectivity index (χ3v) is 6.09. The highest BCUT2D eigenvalue weighted by Crippen LogP contribution is 2.43. The molecule has 184 valence electrons. The van der Waals surface area contributed by atoms with E-state index in [1.807, 2.05) is 43.3 Å². The van der Waals surface area contributed by atoms with Crippen LogP contribution in [0.1, 0.15) is 43.6 Å². The number of nitrogens with zero attached hydrogens (tertiary/aromatic N) is 5. The van der Waals surface area contributed by atoms with Crippen LogP contribution in [0.15, 0.2) is 48.5 Å². The molecule has 4 rings (SSSR count). The van der Waals surface area contributed by atoms with Gasteiger partial charge >= 0.3 is 5.97 Å². The van der Waals surface area contributed by atoms with Crippen molar-refractivity contribution in [1.29, 1.82) is 0 Å². The van der Waals surface area contributed by atoms with Gasteiger partial charge in [0.25, 0.3) is 0 Å². The molecule has 0 unspecified atom stereocenters. The molecule has 0 saturated carbocycles. The number of para-hydroxylation sites is 1. The van der Waals surface area contributed by atoms with E-state index < -0.39 is 17.9 Å². The van der Waals surface area contributed by atoms with E-state index in [1.54, 1.807) is 35.9 Å². The highest BCUT2D eigenvalue weighted by atomic mass is 16.5. The van der Waals surface area contributed by atoms with Crippen LogP contribution in [-0.2, 0) is 27.5 Å². The molecule has 0 radical (unpaired) electrons. The van der Waals surface area contributed by atoms with E-state index in [0.29, 0.717) is 36.0 Å². The number of tetrazole rings is 1. The quantitative estimate of drug-likeness (QED) is 0.430. The fourth-order valence-electron chi connectivity index (χ4n) is 4.41. The number of rotatable bonds is 9. The number of aryl methyl sites for hydroxylation is 1. The second kappa shape index (κ2) is 11.0. The Morgan fingerprint density at radius 1 is 1.09 bits per heavy atom. The van der Waals surface area contributed by atoms with E-state index in [-0.39, 0.29) is 18.9 Å². The zero-order valence-corrected chi connectivity index (χ0v) is 20.1. The first-order chi connectivity index (χ1) is 17.1. The zero-order chi connectivity index (χ0) is 24.8. The maximum Gasteiger partial charge on any atom is 0.311 e. The van der Waals surface area contributed by atoms with Gasteiger partial charge in [-0.1, -0.05) is 25.1 Å². The molecule has 1 saturated heterocycles. The van der Waals surface area contributed by atoms with Gasteiger partial charge in [-0.25, -0.2) is 4.68 Å². The number of esters is 1. The predicted molar refractivity (Wildman–Crippen MR) is 127 cm³/mol. The van der Waals surface area contributed by atoms with Gasteiger partial charge in [-0.15, -0.1) is 5.10 Å². The lowest BCUT2D eigenvalue weighted by Gasteiger charge is -2.40. The Kier molecular flexibility index (Phi) is 7.59. The number of carbonyl (C=O) groups excluding carboxylic acids is 2. The third-order valence-electron chi connectivity index (χ3n) is 6.09. The van der Waals surface area contributed by atoms with Gasteiger partial charge in [-0.05, 0) is 53.6 Å². The Balaban J connectivity index is 1.68. The number of hydrogen-bond acceptors (Lipinski definition) is 8. The van der Waals surface area contributed by atoms with Gasteiger partial charge < -0.3 is 19.1 Å². The van der Waals surface area contributed by atoms with E-state index in [2.05, 4.69) is 15.5 Å². The van der Waals surface area contributed by atoms with Gasteiger partial charge in [0.2, 0.25) is 5.91 Å². The SMILES string of the molecule is CCCn1nnnc1COC(=O)[C@H]1CCC(=O)N(c2ccc(OC)cc2)[C@@H]1c1ccccc1OC. The Hall–Kier alpha value is -3.95. The van der Waals surface area contributed by atoms with E-state index >= 15 is 0 Å². The minimum Gasteiger partial charge on any atom is -0.497 e. The lowest BCUT2D eigenvalue weighted by Crippen LogP contribution is -2.46. The molecule has 10 nitrogen and oxygen atoms in total. The van der Waals surface area contributed by atoms with E-state index in [4.69, 9.17) is 14.2 Å². The highest BCUT2D eigenvalue weighted by molar-refractivity contribution is 5.97. The third kappa shape index (κ3) is 5.11. The van der Waals surface area contributed by atoms with Gasteiger partial charge in [0.05, 0.1) is 26.2 Å². The number of aromatic nitrogens is 4. The number of carbonyl (C=O) groups is 2. The summed E-state index contributed by atoms with van der Waals surface area (Å²) in [6.45, 7) is 2.60. The average molecular weight is 480 g/mol. The molecular formula is C25H29N5O5. The van der Waals surface area contributed by atoms with Gasteiger partial charge in [0, 0.05) is 24.2 Å². The van der Waals surface area contributed by atoms with Crippen molar-refractivity contribution in [3.8, 4) is 11.5 Å². The Morgan fingerprint density at radius 3 is 2.57 bits per heavy atom. The van der Waals surface area contributed by atoms with Crippen molar-refractivity contribution >= 4 is 17.6 Å². The summed E-state index contributed by atoms with van der Waals surface area (Å²) in [5, 5.41) is 11.6. The molecule has 1 aromatic heterocycles. The van der Waals surface area contributed by atoms with Crippen molar-refractivity contribution in [2.75, 3.05) is 19.1 Å². The summed E-state index contributed by atoms with van der Waals surface area (Å²) in [6.07, 6.45) is 1.42. The van der Waals surface area contributed by atoms with Gasteiger partial charge in [0.1, 0.15) is 11.5 Å². The molecule has 2 heterocycles. The summed E-state index contributed by atoms with van der Waals surface area (Å²) < 4.78 is 18.2. The number of hydrogen-bond donors (Lipinski definition) is 0. The molecule has 1 amide bonds. The molecule has 2 aromatic carbocycles. The number of benzene rings is 2. The number of anilines is 1. The number of piperidine rings is 1. The van der Waals surface area contributed by atoms with Crippen LogP contribution in [0.2, 0.25) is 0 Å². The molecule has 35 heavy (non-hydrogen) atoms. The lowest BCUT2D eigenvalue weighted by atomic mass is 9.83. The standard InChI is InChI=1S/C25H29N5O5/c1-4-15-29-22(26-27-28-29)16-35-25(32)20-13-14-23(31)30(17-9-11-18(33-2)12-10-17)24(20)19-7-5-6-8-21(19)34-3/h5-12,20,24H,4,13-16H2,1-3H3/t20-,24+/m0/s1. The van der Waals surface area contributed by atoms with Gasteiger partial charge in [-0.2, -0.15) is 0 Å². The van der Waals surface area contributed by atoms with Crippen LogP contribution < -0.4 is 14.4 Å². The molecule has 0 bridgehead atoms. The van der Waals surface area contributed by atoms with Crippen LogP contribution in [0.3, 0.4) is 0 Å². The monoisotopic (exact) mass is 479 g/mol. The fourth-order valence-corrected chi connectivity index (χ4v) is 4.41. The zero-order valence-electron chi connectivity index (χ0n) is 20.1. The van der Waals surface area contributed by atoms with Crippen LogP contribution in [0.4, 0.5) is 5.69 Å². The largest absolute Gasteiger partial charge is 0.497 e. The molecule has 1 fully saturated rings. The van der Waals surface area contributed by atoms with Crippen LogP contribution in [-0.4, -0.2) is 46.3 Å². The maximum absolute atomic E-state index is 13.4. The molecular weight excluding hydrogens is 450 g/mol. The molecule has 2 atom stereocenters. The molecule has 0 spiro atoms. The van der Waals surface area contributed by atoms with Crippen molar-refractivity contribution < 1.29 is 23.8 Å². The van der Waals surface area contributed by atoms with Crippen molar-refractivity contribution in [2.45, 2.75) is 45.4 Å². The smallest absolute Gasteiger partial charge is 0.311 e. The minimum absolute atomic E-state index is 0.0442. The van der Waals surface area contributed by atoms with Gasteiger partial charge in [0.15, 0.2) is 12.4 Å². The van der Waals surface area contributed by atoms with E-state index in [9.17, 15) is 9.59 Å². The molecule has 1 aliphatic rings. The van der Waals surface area contributed by atoms with Crippen LogP contribution in [0, 0.1) is 5.92 Å². The number of methoxy groups -OCH3 is 2. The fraction of sp³-hybridized carbons (Fsp3) is 0.400. The second-order valence-electron chi connectivity index (χ2n) is 8.22. The topological polar surface area (TPSA) is 109 Å². The molecule has 10 heteroatoms. The normalized spacial score (nSPS) is 17.8. The molecule has 0 aliphatic carbocycles. The first-order valence-electron chi connectivity index (χ1n) is 11.6. The average Bonchev–Trinajstić information content (AvgIpc) is 3.34. The van der Waals surface area contributed by atoms with Crippen molar-refractivity contribution in [3.05, 3.63) is 59.9 Å². The van der Waals surface area contributed by atoms with Crippen LogP contribution in [0.25, 0.3) is 0 Å². The van der Waals surface area contributed by atoms with Gasteiger partial charge in [-0.3, -0.25) is 9.59 Å². The second-order valence-corrected chi connectivity index (χ2v) is 8.22. The minimum atomic E-state index is -0.611. The number of amides is 1. The van der Waals surface area contributed by atoms with E-state index in [0.717, 1.165) is 12.0 Å². The first-order valence-corrected chi connectivity index (χ1v) is 11.6. The van der Waals surface area contributed by atoms with Crippen molar-refractivity contribution in [2.24, 2.45) is 5.92 Å². The Labute approximate surface area is 203 Å². The molecule has 0 N–H and O–H groups in total. The molecule has 1 aliphatic heterocycles. The maximum atomic E-state index is 13.4. The van der Waals surface area contributed by atoms with Crippen LogP contribution >= 0.6 is 0 Å². The summed E-state index contributed by atoms with van der Waals surface area (Å²) in [4.78, 5) is 28.3. The van der Waals surface area contributed by atoms with Crippen molar-refractivity contribution in [3.63, 3.8) is 0 Å². The summed E-state index contributed by atoms with van der Waals surface area (Å²) in [7, 11) is 3.16. The Bertz CT molecular complexity index is 1160. The highest BCUT2D eigenvalue weighted by Gasteiger charge is 2.43. The van der Waals surface area contributed by atoms with Crippen molar-refractivity contribution in [1.82, 2.24) is 20.2 Å². The molecule has 3 aromatic rings. The summed E-state index contributed by atoms with van der Waals surface area (Å²) >= 11 is 0. The Morgan fingerprint density at radius 2 is 1.86 bits per heavy atom. The number of ether oxygens (including phenoxy) is 3. The predicted octanol–water partition coefficient (Wildman–Crippen LogP) is 3.33. The summed E-state index contributed by atoms with van der Waals surface area (Å²) in [5.74, 6) is 0.637. The summed E-state index contributed by atoms with van der Waals surface area (Å²) in [6, 6.07) is 14.0. The first kappa shape index (κ1) is 24.2. The van der Waals surface area contributed by atoms with Crippen LogP contribution in [0.5, 0.6) is 11.5 Å².